The number of nitrogens with one attached hydrogen (secondary N) is 3. The van der Waals surface area contributed by atoms with Gasteiger partial charge in [0.25, 0.3) is 5.91 Å². The largest absolute Gasteiger partial charge is 0.383 e. The van der Waals surface area contributed by atoms with Crippen LogP contribution < -0.4 is 21.7 Å². The van der Waals surface area contributed by atoms with Gasteiger partial charge in [-0.2, -0.15) is 0 Å². The molecule has 0 saturated heterocycles. The first-order chi connectivity index (χ1) is 16.3. The van der Waals surface area contributed by atoms with Gasteiger partial charge in [0.05, 0.1) is 12.3 Å². The first-order valence-electron chi connectivity index (χ1n) is 11.0. The van der Waals surface area contributed by atoms with Gasteiger partial charge in [0.15, 0.2) is 0 Å². The van der Waals surface area contributed by atoms with Crippen molar-refractivity contribution in [2.45, 2.75) is 37.8 Å². The first kappa shape index (κ1) is 25.4. The van der Waals surface area contributed by atoms with E-state index in [2.05, 4.69) is 25.9 Å². The molecule has 1 aromatic heterocycles. The Morgan fingerprint density at radius 2 is 1.97 bits per heavy atom. The zero-order valence-corrected chi connectivity index (χ0v) is 20.4. The van der Waals surface area contributed by atoms with Crippen molar-refractivity contribution in [3.8, 4) is 11.3 Å². The van der Waals surface area contributed by atoms with Crippen molar-refractivity contribution in [1.82, 2.24) is 25.9 Å². The van der Waals surface area contributed by atoms with E-state index >= 15 is 0 Å². The molecule has 4 bridgehead atoms. The second-order valence-electron chi connectivity index (χ2n) is 7.98. The number of nitrogen functional groups attached to an aromatic ring is 1. The fourth-order valence-electron chi connectivity index (χ4n) is 3.62. The number of thioether (sulfide) groups is 1. The van der Waals surface area contributed by atoms with E-state index in [1.807, 2.05) is 19.9 Å². The van der Waals surface area contributed by atoms with Gasteiger partial charge in [-0.3, -0.25) is 14.4 Å². The number of aromatic nitrogens is 2. The van der Waals surface area contributed by atoms with Crippen LogP contribution in [0.2, 0.25) is 0 Å². The number of nitrogens with zero attached hydrogens (tertiary/aromatic N) is 2. The van der Waals surface area contributed by atoms with Crippen molar-refractivity contribution in [3.05, 3.63) is 34.9 Å². The molecule has 2 heterocycles. The van der Waals surface area contributed by atoms with E-state index in [9.17, 15) is 14.4 Å². The average molecular weight is 487 g/mol. The molecule has 3 amide bonds. The molecule has 2 aromatic rings. The summed E-state index contributed by atoms with van der Waals surface area (Å²) in [6, 6.07) is 4.66. The highest BCUT2D eigenvalue weighted by Crippen LogP contribution is 2.29. The van der Waals surface area contributed by atoms with Crippen molar-refractivity contribution in [3.63, 3.8) is 0 Å². The van der Waals surface area contributed by atoms with Gasteiger partial charge in [0.2, 0.25) is 17.8 Å². The molecule has 0 fully saturated rings. The van der Waals surface area contributed by atoms with Crippen LogP contribution in [0.15, 0.2) is 23.2 Å². The van der Waals surface area contributed by atoms with Crippen molar-refractivity contribution in [2.24, 2.45) is 0 Å². The monoisotopic (exact) mass is 486 g/mol. The van der Waals surface area contributed by atoms with E-state index in [0.717, 1.165) is 16.7 Å². The van der Waals surface area contributed by atoms with Crippen molar-refractivity contribution in [2.75, 3.05) is 38.3 Å². The Hall–Kier alpha value is -3.18. The summed E-state index contributed by atoms with van der Waals surface area (Å²) in [5, 5.41) is 9.04. The molecular formula is C23H30N6O4S. The predicted molar refractivity (Wildman–Crippen MR) is 130 cm³/mol. The average Bonchev–Trinajstić information content (AvgIpc) is 2.77. The molecule has 1 aliphatic heterocycles. The third-order valence-corrected chi connectivity index (χ3v) is 6.29. The van der Waals surface area contributed by atoms with Crippen molar-refractivity contribution >= 4 is 35.4 Å². The van der Waals surface area contributed by atoms with Gasteiger partial charge in [-0.15, -0.1) is 11.8 Å². The number of methoxy groups -OCH3 is 1. The van der Waals surface area contributed by atoms with Crippen LogP contribution in [-0.4, -0.2) is 66.3 Å². The summed E-state index contributed by atoms with van der Waals surface area (Å²) >= 11 is 1.41. The zero-order chi connectivity index (χ0) is 24.7. The summed E-state index contributed by atoms with van der Waals surface area (Å²) in [6.07, 6.45) is 0.522. The van der Waals surface area contributed by atoms with Crippen molar-refractivity contribution < 1.29 is 19.1 Å². The van der Waals surface area contributed by atoms with Crippen LogP contribution in [-0.2, 0) is 14.3 Å². The molecule has 0 radical (unpaired) electrons. The Labute approximate surface area is 202 Å². The van der Waals surface area contributed by atoms with Gasteiger partial charge in [-0.25, -0.2) is 9.97 Å². The van der Waals surface area contributed by atoms with Crippen LogP contribution in [0, 0.1) is 13.8 Å². The molecular weight excluding hydrogens is 456 g/mol. The Bertz CT molecular complexity index is 1080. The summed E-state index contributed by atoms with van der Waals surface area (Å²) in [5.41, 5.74) is 9.40. The van der Waals surface area contributed by atoms with Crippen LogP contribution in [0.4, 0.5) is 5.95 Å². The van der Waals surface area contributed by atoms with Crippen molar-refractivity contribution in [1.29, 1.82) is 0 Å². The fraction of sp³-hybridized carbons (Fsp3) is 0.435. The van der Waals surface area contributed by atoms with E-state index in [0.29, 0.717) is 35.2 Å². The van der Waals surface area contributed by atoms with E-state index in [1.54, 1.807) is 19.2 Å². The molecule has 3 rings (SSSR count). The lowest BCUT2D eigenvalue weighted by Gasteiger charge is -2.20. The summed E-state index contributed by atoms with van der Waals surface area (Å²) in [5.74, 6) is -0.250. The Morgan fingerprint density at radius 1 is 1.21 bits per heavy atom. The quantitative estimate of drug-likeness (QED) is 0.372. The highest BCUT2D eigenvalue weighted by atomic mass is 32.2. The molecule has 182 valence electrons. The van der Waals surface area contributed by atoms with Gasteiger partial charge in [-0.05, 0) is 43.5 Å². The lowest BCUT2D eigenvalue weighted by molar-refractivity contribution is -0.124. The molecule has 5 N–H and O–H groups in total. The maximum Gasteiger partial charge on any atom is 0.252 e. The molecule has 10 nitrogen and oxygen atoms in total. The highest BCUT2D eigenvalue weighted by molar-refractivity contribution is 7.99. The minimum absolute atomic E-state index is 0.115. The summed E-state index contributed by atoms with van der Waals surface area (Å²) in [6.45, 7) is 4.69. The molecule has 11 heteroatoms. The zero-order valence-electron chi connectivity index (χ0n) is 19.6. The van der Waals surface area contributed by atoms with Gasteiger partial charge in [0.1, 0.15) is 11.1 Å². The highest BCUT2D eigenvalue weighted by Gasteiger charge is 2.23. The number of amides is 3. The summed E-state index contributed by atoms with van der Waals surface area (Å²) in [7, 11) is 1.54. The van der Waals surface area contributed by atoms with E-state index < -0.39 is 6.04 Å². The smallest absolute Gasteiger partial charge is 0.252 e. The number of nitrogens with two attached hydrogens (primary N) is 1. The standard InChI is InChI=1S/C23H30N6O4S/c1-13-10-14(2)16-11-15(13)18-12-20(29-23(24)28-18)34-9-5-19(30)25-6-4-17(27-21(16)31)22(32)26-7-8-33-3/h10-12,17H,4-9H2,1-3H3,(H,25,30)(H,26,32)(H,27,31)(H2,24,28,29)/t17-/m0/s1. The van der Waals surface area contributed by atoms with Crippen LogP contribution >= 0.6 is 11.8 Å². The second kappa shape index (κ2) is 11.8. The minimum atomic E-state index is -0.822. The normalized spacial score (nSPS) is 17.0. The van der Waals surface area contributed by atoms with Crippen LogP contribution in [0.1, 0.15) is 34.3 Å². The second-order valence-corrected chi connectivity index (χ2v) is 9.09. The van der Waals surface area contributed by atoms with E-state index in [4.69, 9.17) is 10.5 Å². The maximum absolute atomic E-state index is 13.2. The summed E-state index contributed by atoms with van der Waals surface area (Å²) in [4.78, 5) is 46.8. The third-order valence-electron chi connectivity index (χ3n) is 5.37. The number of carbonyl (C=O) groups excluding carboxylic acids is 3. The lowest BCUT2D eigenvalue weighted by Crippen LogP contribution is -2.49. The van der Waals surface area contributed by atoms with Gasteiger partial charge >= 0.3 is 0 Å². The van der Waals surface area contributed by atoms with Gasteiger partial charge in [-0.1, -0.05) is 6.07 Å². The number of benzene rings is 1. The molecule has 1 atom stereocenters. The number of aryl methyl sites for hydroxylation is 2. The molecule has 1 aromatic carbocycles. The Kier molecular flexibility index (Phi) is 8.83. The number of hydrogen-bond donors (Lipinski definition) is 4. The summed E-state index contributed by atoms with van der Waals surface area (Å²) < 4.78 is 4.98. The van der Waals surface area contributed by atoms with Gasteiger partial charge in [0, 0.05) is 43.5 Å². The molecule has 0 saturated carbocycles. The van der Waals surface area contributed by atoms with Gasteiger partial charge < -0.3 is 26.4 Å². The number of rotatable bonds is 4. The Balaban J connectivity index is 1.98. The molecule has 34 heavy (non-hydrogen) atoms. The predicted octanol–water partition coefficient (Wildman–Crippen LogP) is 1.21. The maximum atomic E-state index is 13.2. The molecule has 1 aliphatic rings. The van der Waals surface area contributed by atoms with E-state index in [1.165, 1.54) is 11.8 Å². The lowest BCUT2D eigenvalue weighted by atomic mass is 9.97. The first-order valence-corrected chi connectivity index (χ1v) is 12.0. The van der Waals surface area contributed by atoms with Crippen LogP contribution in [0.5, 0.6) is 0 Å². The van der Waals surface area contributed by atoms with E-state index in [-0.39, 0.29) is 43.1 Å². The minimum Gasteiger partial charge on any atom is -0.383 e. The number of ether oxygens (including phenoxy) is 1. The molecule has 0 aliphatic carbocycles. The topological polar surface area (TPSA) is 148 Å². The molecule has 0 unspecified atom stereocenters. The number of fused-ring (bicyclic) bond motifs is 5. The Morgan fingerprint density at radius 3 is 2.74 bits per heavy atom. The SMILES string of the molecule is COCCNC(=O)[C@@H]1CCNC(=O)CCSc2cc(nc(N)n2)-c2cc(c(C)cc2C)C(=O)N1. The number of carbonyl (C=O) groups is 3. The number of anilines is 1. The van der Waals surface area contributed by atoms with Crippen LogP contribution in [0.3, 0.4) is 0 Å². The van der Waals surface area contributed by atoms with Crippen LogP contribution in [0.25, 0.3) is 11.3 Å². The molecule has 0 spiro atoms. The fourth-order valence-corrected chi connectivity index (χ4v) is 4.47. The number of hydrogen-bond acceptors (Lipinski definition) is 8. The third kappa shape index (κ3) is 6.67.